The van der Waals surface area contributed by atoms with E-state index in [0.717, 1.165) is 25.3 Å². The molecule has 15 heavy (non-hydrogen) atoms. The first-order chi connectivity index (χ1) is 7.19. The van der Waals surface area contributed by atoms with Crippen molar-refractivity contribution in [3.8, 4) is 0 Å². The molecule has 1 saturated heterocycles. The van der Waals surface area contributed by atoms with Gasteiger partial charge in [-0.2, -0.15) is 0 Å². The maximum Gasteiger partial charge on any atom is 0.190 e. The number of rotatable bonds is 2. The van der Waals surface area contributed by atoms with Crippen LogP contribution >= 0.6 is 23.4 Å². The second-order valence-electron chi connectivity index (χ2n) is 3.53. The van der Waals surface area contributed by atoms with Gasteiger partial charge >= 0.3 is 0 Å². The van der Waals surface area contributed by atoms with E-state index < -0.39 is 0 Å². The minimum atomic E-state index is 0.247. The van der Waals surface area contributed by atoms with Crippen molar-refractivity contribution >= 4 is 29.2 Å². The summed E-state index contributed by atoms with van der Waals surface area (Å²) in [6, 6.07) is 2.04. The van der Waals surface area contributed by atoms with Crippen LogP contribution in [0, 0.1) is 0 Å². The fourth-order valence-corrected chi connectivity index (χ4v) is 2.24. The highest BCUT2D eigenvalue weighted by Gasteiger charge is 2.21. The summed E-state index contributed by atoms with van der Waals surface area (Å²) in [5, 5.41) is 1.20. The van der Waals surface area contributed by atoms with E-state index in [-0.39, 0.29) is 6.04 Å². The van der Waals surface area contributed by atoms with E-state index in [1.807, 2.05) is 6.26 Å². The Morgan fingerprint density at radius 2 is 2.40 bits per heavy atom. The smallest absolute Gasteiger partial charge is 0.190 e. The van der Waals surface area contributed by atoms with E-state index >= 15 is 0 Å². The van der Waals surface area contributed by atoms with Gasteiger partial charge in [-0.15, -0.1) is 0 Å². The number of thioether (sulfide) groups is 1. The quantitative estimate of drug-likeness (QED) is 0.484. The number of hydrogen-bond donors (Lipinski definition) is 1. The van der Waals surface area contributed by atoms with Crippen LogP contribution in [0.1, 0.15) is 6.42 Å². The molecule has 2 N–H and O–H groups in total. The van der Waals surface area contributed by atoms with Gasteiger partial charge in [-0.25, -0.2) is 9.97 Å². The SMILES string of the molecule is CSc1nc(Cl)cc(N2CC[C@H](N)C2)n1. The van der Waals surface area contributed by atoms with Crippen LogP contribution in [-0.4, -0.2) is 35.4 Å². The van der Waals surface area contributed by atoms with E-state index in [9.17, 15) is 0 Å². The van der Waals surface area contributed by atoms with E-state index in [0.29, 0.717) is 10.3 Å². The highest BCUT2D eigenvalue weighted by atomic mass is 35.5. The second-order valence-corrected chi connectivity index (χ2v) is 4.69. The van der Waals surface area contributed by atoms with E-state index in [1.54, 1.807) is 6.07 Å². The molecule has 82 valence electrons. The molecular weight excluding hydrogens is 232 g/mol. The van der Waals surface area contributed by atoms with Crippen molar-refractivity contribution in [3.05, 3.63) is 11.2 Å². The molecule has 0 amide bonds. The predicted octanol–water partition coefficient (Wildman–Crippen LogP) is 1.39. The third-order valence-corrected chi connectivity index (χ3v) is 3.13. The maximum absolute atomic E-state index is 5.92. The molecule has 2 rings (SSSR count). The monoisotopic (exact) mass is 244 g/mol. The third kappa shape index (κ3) is 2.53. The lowest BCUT2D eigenvalue weighted by Gasteiger charge is -2.17. The summed E-state index contributed by atoms with van der Waals surface area (Å²) >= 11 is 7.41. The molecule has 2 heterocycles. The largest absolute Gasteiger partial charge is 0.355 e. The van der Waals surface area contributed by atoms with Gasteiger partial charge < -0.3 is 10.6 Å². The molecule has 0 aromatic carbocycles. The van der Waals surface area contributed by atoms with Gasteiger partial charge in [0, 0.05) is 25.2 Å². The lowest BCUT2D eigenvalue weighted by atomic mass is 10.3. The molecule has 1 aromatic heterocycles. The standard InChI is InChI=1S/C9H13ClN4S/c1-15-9-12-7(10)4-8(13-9)14-3-2-6(11)5-14/h4,6H,2-3,5,11H2,1H3/t6-/m0/s1. The van der Waals surface area contributed by atoms with E-state index in [1.165, 1.54) is 11.8 Å². The molecule has 0 aliphatic carbocycles. The molecule has 0 bridgehead atoms. The highest BCUT2D eigenvalue weighted by molar-refractivity contribution is 7.98. The van der Waals surface area contributed by atoms with Gasteiger partial charge in [0.05, 0.1) is 0 Å². The van der Waals surface area contributed by atoms with Crippen LogP contribution < -0.4 is 10.6 Å². The Morgan fingerprint density at radius 1 is 1.60 bits per heavy atom. The summed E-state index contributed by atoms with van der Waals surface area (Å²) in [6.45, 7) is 1.80. The summed E-state index contributed by atoms with van der Waals surface area (Å²) < 4.78 is 0. The molecule has 1 aromatic rings. The van der Waals surface area contributed by atoms with Gasteiger partial charge in [-0.05, 0) is 12.7 Å². The summed E-state index contributed by atoms with van der Waals surface area (Å²) in [5.41, 5.74) is 5.85. The van der Waals surface area contributed by atoms with Gasteiger partial charge in [-0.3, -0.25) is 0 Å². The lowest BCUT2D eigenvalue weighted by Crippen LogP contribution is -2.27. The van der Waals surface area contributed by atoms with Crippen molar-refractivity contribution in [1.29, 1.82) is 0 Å². The van der Waals surface area contributed by atoms with Crippen molar-refractivity contribution in [2.75, 3.05) is 24.2 Å². The van der Waals surface area contributed by atoms with Crippen molar-refractivity contribution in [2.24, 2.45) is 5.73 Å². The van der Waals surface area contributed by atoms with Crippen LogP contribution in [0.2, 0.25) is 5.15 Å². The van der Waals surface area contributed by atoms with Gasteiger partial charge in [0.25, 0.3) is 0 Å². The topological polar surface area (TPSA) is 55.0 Å². The van der Waals surface area contributed by atoms with Crippen molar-refractivity contribution in [3.63, 3.8) is 0 Å². The number of hydrogen-bond acceptors (Lipinski definition) is 5. The third-order valence-electron chi connectivity index (χ3n) is 2.39. The first-order valence-corrected chi connectivity index (χ1v) is 6.38. The molecule has 1 aliphatic rings. The van der Waals surface area contributed by atoms with Crippen LogP contribution in [-0.2, 0) is 0 Å². The van der Waals surface area contributed by atoms with Crippen LogP contribution in [0.25, 0.3) is 0 Å². The number of nitrogens with zero attached hydrogens (tertiary/aromatic N) is 3. The zero-order chi connectivity index (χ0) is 10.8. The molecule has 1 aliphatic heterocycles. The van der Waals surface area contributed by atoms with Crippen LogP contribution in [0.5, 0.6) is 0 Å². The molecular formula is C9H13ClN4S. The predicted molar refractivity (Wildman–Crippen MR) is 63.6 cm³/mol. The van der Waals surface area contributed by atoms with Gasteiger partial charge in [-0.1, -0.05) is 23.4 Å². The summed E-state index contributed by atoms with van der Waals surface area (Å²) in [5.74, 6) is 0.882. The average Bonchev–Trinajstić information content (AvgIpc) is 2.64. The molecule has 1 atom stereocenters. The van der Waals surface area contributed by atoms with Crippen molar-refractivity contribution in [2.45, 2.75) is 17.6 Å². The second kappa shape index (κ2) is 4.55. The van der Waals surface area contributed by atoms with Crippen molar-refractivity contribution in [1.82, 2.24) is 9.97 Å². The first-order valence-electron chi connectivity index (χ1n) is 4.78. The molecule has 0 unspecified atom stereocenters. The van der Waals surface area contributed by atoms with Gasteiger partial charge in [0.2, 0.25) is 0 Å². The highest BCUT2D eigenvalue weighted by Crippen LogP contribution is 2.22. The lowest BCUT2D eigenvalue weighted by molar-refractivity contribution is 0.750. The van der Waals surface area contributed by atoms with Crippen LogP contribution in [0.4, 0.5) is 5.82 Å². The van der Waals surface area contributed by atoms with E-state index in [2.05, 4.69) is 14.9 Å². The first kappa shape index (κ1) is 11.0. The van der Waals surface area contributed by atoms with Gasteiger partial charge in [0.15, 0.2) is 5.16 Å². The molecule has 1 fully saturated rings. The Hall–Kier alpha value is -0.520. The minimum Gasteiger partial charge on any atom is -0.355 e. The Morgan fingerprint density at radius 3 is 3.00 bits per heavy atom. The van der Waals surface area contributed by atoms with Crippen molar-refractivity contribution < 1.29 is 0 Å². The molecule has 0 radical (unpaired) electrons. The Labute approximate surface area is 98.2 Å². The fraction of sp³-hybridized carbons (Fsp3) is 0.556. The Kier molecular flexibility index (Phi) is 3.33. The Balaban J connectivity index is 2.24. The maximum atomic E-state index is 5.92. The fourth-order valence-electron chi connectivity index (χ4n) is 1.63. The van der Waals surface area contributed by atoms with Gasteiger partial charge in [0.1, 0.15) is 11.0 Å². The van der Waals surface area contributed by atoms with Crippen LogP contribution in [0.3, 0.4) is 0 Å². The summed E-state index contributed by atoms with van der Waals surface area (Å²) in [7, 11) is 0. The molecule has 0 spiro atoms. The summed E-state index contributed by atoms with van der Waals surface area (Å²) in [4.78, 5) is 10.7. The number of anilines is 1. The Bertz CT molecular complexity index is 360. The minimum absolute atomic E-state index is 0.247. The molecule has 6 heteroatoms. The number of halogens is 1. The number of nitrogens with two attached hydrogens (primary N) is 1. The zero-order valence-electron chi connectivity index (χ0n) is 8.48. The normalized spacial score (nSPS) is 21.0. The zero-order valence-corrected chi connectivity index (χ0v) is 10.1. The molecule has 0 saturated carbocycles. The van der Waals surface area contributed by atoms with E-state index in [4.69, 9.17) is 17.3 Å². The number of aromatic nitrogens is 2. The molecule has 4 nitrogen and oxygen atoms in total. The van der Waals surface area contributed by atoms with Crippen LogP contribution in [0.15, 0.2) is 11.2 Å². The average molecular weight is 245 g/mol. The summed E-state index contributed by atoms with van der Waals surface area (Å²) in [6.07, 6.45) is 2.95.